The SMILES string of the molecule is O=c1c2cc(Br)ccc2nc2n1CCC2O. The molecule has 0 amide bonds. The fourth-order valence-corrected chi connectivity index (χ4v) is 2.42. The zero-order valence-electron chi connectivity index (χ0n) is 8.35. The highest BCUT2D eigenvalue weighted by Gasteiger charge is 2.23. The van der Waals surface area contributed by atoms with Gasteiger partial charge in [0.15, 0.2) is 0 Å². The lowest BCUT2D eigenvalue weighted by Crippen LogP contribution is -2.21. The van der Waals surface area contributed by atoms with Crippen LogP contribution in [0.2, 0.25) is 0 Å². The number of halogens is 1. The lowest BCUT2D eigenvalue weighted by atomic mass is 10.2. The summed E-state index contributed by atoms with van der Waals surface area (Å²) in [5, 5.41) is 10.3. The van der Waals surface area contributed by atoms with E-state index in [9.17, 15) is 9.90 Å². The van der Waals surface area contributed by atoms with E-state index >= 15 is 0 Å². The first kappa shape index (κ1) is 9.99. The molecule has 2 heterocycles. The Bertz CT molecular complexity index is 636. The number of benzene rings is 1. The predicted octanol–water partition coefficient (Wildman–Crippen LogP) is 1.60. The molecule has 82 valence electrons. The second-order valence-corrected chi connectivity index (χ2v) is 4.81. The fourth-order valence-electron chi connectivity index (χ4n) is 2.06. The molecule has 0 bridgehead atoms. The minimum Gasteiger partial charge on any atom is -0.385 e. The summed E-state index contributed by atoms with van der Waals surface area (Å²) < 4.78 is 2.41. The summed E-state index contributed by atoms with van der Waals surface area (Å²) in [5.74, 6) is 0.486. The molecule has 3 rings (SSSR count). The molecule has 1 atom stereocenters. The number of rotatable bonds is 0. The Morgan fingerprint density at radius 1 is 1.50 bits per heavy atom. The number of hydrogen-bond acceptors (Lipinski definition) is 3. The lowest BCUT2D eigenvalue weighted by molar-refractivity contribution is 0.176. The van der Waals surface area contributed by atoms with Gasteiger partial charge in [0.25, 0.3) is 5.56 Å². The van der Waals surface area contributed by atoms with Gasteiger partial charge in [0.2, 0.25) is 0 Å². The van der Waals surface area contributed by atoms with Gasteiger partial charge in [-0.05, 0) is 24.6 Å². The number of fused-ring (bicyclic) bond motifs is 2. The van der Waals surface area contributed by atoms with Gasteiger partial charge in [0, 0.05) is 11.0 Å². The Labute approximate surface area is 99.7 Å². The molecular weight excluding hydrogens is 272 g/mol. The highest BCUT2D eigenvalue weighted by molar-refractivity contribution is 9.10. The van der Waals surface area contributed by atoms with Crippen molar-refractivity contribution in [3.63, 3.8) is 0 Å². The first-order chi connectivity index (χ1) is 7.66. The molecule has 5 heteroatoms. The predicted molar refractivity (Wildman–Crippen MR) is 63.3 cm³/mol. The van der Waals surface area contributed by atoms with Gasteiger partial charge in [-0.2, -0.15) is 0 Å². The van der Waals surface area contributed by atoms with Crippen molar-refractivity contribution in [2.45, 2.75) is 19.1 Å². The van der Waals surface area contributed by atoms with Crippen molar-refractivity contribution in [2.75, 3.05) is 0 Å². The Balaban J connectivity index is 2.44. The van der Waals surface area contributed by atoms with Crippen molar-refractivity contribution in [1.29, 1.82) is 0 Å². The third-order valence-electron chi connectivity index (χ3n) is 2.87. The second-order valence-electron chi connectivity index (χ2n) is 3.89. The van der Waals surface area contributed by atoms with Gasteiger partial charge in [-0.3, -0.25) is 9.36 Å². The molecule has 0 saturated carbocycles. The van der Waals surface area contributed by atoms with Crippen LogP contribution in [-0.4, -0.2) is 14.7 Å². The van der Waals surface area contributed by atoms with Crippen molar-refractivity contribution < 1.29 is 5.11 Å². The van der Waals surface area contributed by atoms with E-state index < -0.39 is 6.10 Å². The van der Waals surface area contributed by atoms with E-state index in [2.05, 4.69) is 20.9 Å². The molecule has 1 unspecified atom stereocenters. The Hall–Kier alpha value is -1.20. The van der Waals surface area contributed by atoms with Crippen molar-refractivity contribution >= 4 is 26.8 Å². The van der Waals surface area contributed by atoms with E-state index in [1.54, 1.807) is 16.7 Å². The van der Waals surface area contributed by atoms with Crippen LogP contribution in [0.1, 0.15) is 18.3 Å². The van der Waals surface area contributed by atoms with E-state index in [1.165, 1.54) is 0 Å². The first-order valence-corrected chi connectivity index (χ1v) is 5.84. The number of nitrogens with zero attached hydrogens (tertiary/aromatic N) is 2. The fraction of sp³-hybridized carbons (Fsp3) is 0.273. The highest BCUT2D eigenvalue weighted by atomic mass is 79.9. The number of hydrogen-bond donors (Lipinski definition) is 1. The summed E-state index contributed by atoms with van der Waals surface area (Å²) in [6, 6.07) is 5.39. The summed E-state index contributed by atoms with van der Waals surface area (Å²) in [7, 11) is 0. The molecule has 0 aliphatic carbocycles. The molecule has 2 aromatic rings. The van der Waals surface area contributed by atoms with Gasteiger partial charge in [0.1, 0.15) is 11.9 Å². The second kappa shape index (κ2) is 3.40. The van der Waals surface area contributed by atoms with E-state index in [4.69, 9.17) is 0 Å². The number of aliphatic hydroxyl groups is 1. The number of aliphatic hydroxyl groups excluding tert-OH is 1. The quantitative estimate of drug-likeness (QED) is 0.798. The molecular formula is C11H9BrN2O2. The average molecular weight is 281 g/mol. The van der Waals surface area contributed by atoms with Gasteiger partial charge in [-0.15, -0.1) is 0 Å². The Morgan fingerprint density at radius 2 is 2.31 bits per heavy atom. The molecule has 0 spiro atoms. The molecule has 0 radical (unpaired) electrons. The molecule has 1 aliphatic rings. The summed E-state index contributed by atoms with van der Waals surface area (Å²) in [4.78, 5) is 16.4. The van der Waals surface area contributed by atoms with Crippen LogP contribution in [0.15, 0.2) is 27.5 Å². The van der Waals surface area contributed by atoms with E-state index in [1.807, 2.05) is 6.07 Å². The smallest absolute Gasteiger partial charge is 0.261 e. The van der Waals surface area contributed by atoms with Crippen LogP contribution in [0.25, 0.3) is 10.9 Å². The summed E-state index contributed by atoms with van der Waals surface area (Å²) in [6.07, 6.45) is -0.0412. The van der Waals surface area contributed by atoms with Crippen LogP contribution < -0.4 is 5.56 Å². The van der Waals surface area contributed by atoms with Gasteiger partial charge in [0.05, 0.1) is 10.9 Å². The molecule has 1 aromatic carbocycles. The minimum absolute atomic E-state index is 0.0714. The monoisotopic (exact) mass is 280 g/mol. The van der Waals surface area contributed by atoms with Crippen LogP contribution in [0.4, 0.5) is 0 Å². The summed E-state index contributed by atoms with van der Waals surface area (Å²) in [5.41, 5.74) is 0.568. The zero-order valence-corrected chi connectivity index (χ0v) is 9.94. The van der Waals surface area contributed by atoms with Crippen molar-refractivity contribution in [3.05, 3.63) is 38.9 Å². The maximum absolute atomic E-state index is 12.1. The number of aromatic nitrogens is 2. The maximum atomic E-state index is 12.1. The van der Waals surface area contributed by atoms with Gasteiger partial charge < -0.3 is 5.11 Å². The van der Waals surface area contributed by atoms with Crippen LogP contribution in [0, 0.1) is 0 Å². The van der Waals surface area contributed by atoms with E-state index in [-0.39, 0.29) is 5.56 Å². The third kappa shape index (κ3) is 1.32. The van der Waals surface area contributed by atoms with Crippen LogP contribution in [0.5, 0.6) is 0 Å². The van der Waals surface area contributed by atoms with Gasteiger partial charge in [-0.1, -0.05) is 15.9 Å². The van der Waals surface area contributed by atoms with Crippen molar-refractivity contribution in [3.8, 4) is 0 Å². The zero-order chi connectivity index (χ0) is 11.3. The molecule has 1 aliphatic heterocycles. The molecule has 1 aromatic heterocycles. The van der Waals surface area contributed by atoms with Gasteiger partial charge >= 0.3 is 0 Å². The third-order valence-corrected chi connectivity index (χ3v) is 3.36. The molecule has 16 heavy (non-hydrogen) atoms. The minimum atomic E-state index is -0.610. The van der Waals surface area contributed by atoms with Crippen molar-refractivity contribution in [2.24, 2.45) is 0 Å². The maximum Gasteiger partial charge on any atom is 0.261 e. The van der Waals surface area contributed by atoms with E-state index in [0.717, 1.165) is 4.47 Å². The first-order valence-electron chi connectivity index (χ1n) is 5.05. The van der Waals surface area contributed by atoms with Crippen molar-refractivity contribution in [1.82, 2.24) is 9.55 Å². The highest BCUT2D eigenvalue weighted by Crippen LogP contribution is 2.24. The van der Waals surface area contributed by atoms with Gasteiger partial charge in [-0.25, -0.2) is 4.98 Å². The van der Waals surface area contributed by atoms with Crippen LogP contribution in [0.3, 0.4) is 0 Å². The normalized spacial score (nSPS) is 19.0. The molecule has 0 saturated heterocycles. The Kier molecular flexibility index (Phi) is 2.12. The lowest BCUT2D eigenvalue weighted by Gasteiger charge is -2.06. The van der Waals surface area contributed by atoms with Crippen LogP contribution in [-0.2, 0) is 6.54 Å². The molecule has 0 fully saturated rings. The summed E-state index contributed by atoms with van der Waals surface area (Å²) >= 11 is 3.33. The largest absolute Gasteiger partial charge is 0.385 e. The van der Waals surface area contributed by atoms with E-state index in [0.29, 0.717) is 29.7 Å². The molecule has 1 N–H and O–H groups in total. The molecule has 4 nitrogen and oxygen atoms in total. The van der Waals surface area contributed by atoms with Crippen LogP contribution >= 0.6 is 15.9 Å². The topological polar surface area (TPSA) is 55.1 Å². The Morgan fingerprint density at radius 3 is 3.12 bits per heavy atom. The summed E-state index contributed by atoms with van der Waals surface area (Å²) in [6.45, 7) is 0.546. The average Bonchev–Trinajstić information content (AvgIpc) is 2.63. The standard InChI is InChI=1S/C11H9BrN2O2/c12-6-1-2-8-7(5-6)11(16)14-4-3-9(15)10(14)13-8/h1-2,5,9,15H,3-4H2.